The summed E-state index contributed by atoms with van der Waals surface area (Å²) >= 11 is 0. The number of nitrogens with two attached hydrogens (primary N) is 1. The zero-order chi connectivity index (χ0) is 40.0. The van der Waals surface area contributed by atoms with Gasteiger partial charge in [-0.15, -0.1) is 12.4 Å². The molecule has 4 atom stereocenters. The van der Waals surface area contributed by atoms with Gasteiger partial charge in [0.1, 0.15) is 12.6 Å². The number of rotatable bonds is 14. The van der Waals surface area contributed by atoms with Crippen LogP contribution in [0, 0.1) is 0 Å². The number of aliphatic carboxylic acids is 1. The van der Waals surface area contributed by atoms with Crippen molar-refractivity contribution in [2.24, 2.45) is 10.7 Å². The van der Waals surface area contributed by atoms with Crippen LogP contribution in [0.2, 0.25) is 0 Å². The molecule has 8 rings (SSSR count). The number of amides is 1. The molecule has 0 spiro atoms. The van der Waals surface area contributed by atoms with Crippen LogP contribution in [0.4, 0.5) is 17.1 Å². The van der Waals surface area contributed by atoms with Crippen molar-refractivity contribution >= 4 is 70.5 Å². The third-order valence-corrected chi connectivity index (χ3v) is 11.6. The highest BCUT2D eigenvalue weighted by Gasteiger charge is 2.50. The zero-order valence-corrected chi connectivity index (χ0v) is 33.1. The van der Waals surface area contributed by atoms with Crippen molar-refractivity contribution < 1.29 is 33.8 Å². The van der Waals surface area contributed by atoms with Crippen LogP contribution in [-0.4, -0.2) is 70.0 Å². The van der Waals surface area contributed by atoms with Crippen LogP contribution in [0.3, 0.4) is 0 Å². The van der Waals surface area contributed by atoms with Gasteiger partial charge < -0.3 is 40.4 Å². The van der Waals surface area contributed by atoms with Gasteiger partial charge in [0.25, 0.3) is 5.56 Å². The van der Waals surface area contributed by atoms with Crippen LogP contribution in [0.1, 0.15) is 87.0 Å². The Kier molecular flexibility index (Phi) is 11.3. The number of halogens is 1. The lowest BCUT2D eigenvalue weighted by Gasteiger charge is -2.35. The number of aromatic nitrogens is 2. The van der Waals surface area contributed by atoms with Crippen LogP contribution in [-0.2, 0) is 47.4 Å². The number of fused-ring (bicyclic) bond motifs is 6. The second-order valence-electron chi connectivity index (χ2n) is 15.1. The van der Waals surface area contributed by atoms with E-state index in [1.807, 2.05) is 48.8 Å². The SMILES string of the molecule is CCCCCN1C=Nc2cccc3nc4c(c1c23)Cn1c-4cc2c(c1=O)COC(=O)[C@@]2(CC)OC(=O)CC[C@H](NC(=O)[C@H](N)CC1CNc2ccccc21)C(=O)O.Cl. The Bertz CT molecular complexity index is 2420. The second-order valence-corrected chi connectivity index (χ2v) is 15.1. The fourth-order valence-corrected chi connectivity index (χ4v) is 8.59. The number of anilines is 2. The van der Waals surface area contributed by atoms with Crippen LogP contribution >= 0.6 is 12.4 Å². The molecule has 15 nitrogen and oxygen atoms in total. The molecular formula is C42H46ClN7O8. The smallest absolute Gasteiger partial charge is 0.355 e. The number of carboxylic acids is 1. The molecule has 5 N–H and O–H groups in total. The molecule has 0 saturated carbocycles. The van der Waals surface area contributed by atoms with Gasteiger partial charge >= 0.3 is 17.9 Å². The third kappa shape index (κ3) is 6.95. The first kappa shape index (κ1) is 40.4. The van der Waals surface area contributed by atoms with Crippen molar-refractivity contribution in [3.05, 3.63) is 81.1 Å². The maximum atomic E-state index is 14.3. The molecule has 16 heteroatoms. The molecule has 2 aromatic carbocycles. The minimum atomic E-state index is -1.98. The lowest BCUT2D eigenvalue weighted by Crippen LogP contribution is -2.49. The average molecular weight is 812 g/mol. The summed E-state index contributed by atoms with van der Waals surface area (Å²) in [6, 6.07) is 12.7. The Labute approximate surface area is 340 Å². The predicted molar refractivity (Wildman–Crippen MR) is 220 cm³/mol. The summed E-state index contributed by atoms with van der Waals surface area (Å²) in [6.07, 6.45) is 4.33. The van der Waals surface area contributed by atoms with Gasteiger partial charge in [-0.1, -0.05) is 51.0 Å². The molecule has 0 bridgehead atoms. The Hall–Kier alpha value is -5.80. The quantitative estimate of drug-likeness (QED) is 0.0864. The molecule has 1 amide bonds. The monoisotopic (exact) mass is 811 g/mol. The Morgan fingerprint density at radius 3 is 2.71 bits per heavy atom. The molecule has 304 valence electrons. The molecule has 0 fully saturated rings. The predicted octanol–water partition coefficient (Wildman–Crippen LogP) is 5.00. The number of ether oxygens (including phenoxy) is 2. The second kappa shape index (κ2) is 16.2. The van der Waals surface area contributed by atoms with E-state index >= 15 is 0 Å². The Morgan fingerprint density at radius 1 is 1.12 bits per heavy atom. The van der Waals surface area contributed by atoms with E-state index in [1.165, 1.54) is 0 Å². The normalized spacial score (nSPS) is 19.1. The third-order valence-electron chi connectivity index (χ3n) is 11.6. The summed E-state index contributed by atoms with van der Waals surface area (Å²) in [5.41, 5.74) is 10.7. The number of carboxylic acid groups (broad SMARTS) is 1. The van der Waals surface area contributed by atoms with Crippen molar-refractivity contribution in [3.8, 4) is 11.4 Å². The average Bonchev–Trinajstić information content (AvgIpc) is 3.79. The van der Waals surface area contributed by atoms with Crippen molar-refractivity contribution in [2.45, 2.75) is 95.5 Å². The minimum Gasteiger partial charge on any atom is -0.480 e. The van der Waals surface area contributed by atoms with Crippen molar-refractivity contribution in [3.63, 3.8) is 0 Å². The maximum Gasteiger partial charge on any atom is 0.355 e. The number of pyridine rings is 2. The first-order chi connectivity index (χ1) is 27.5. The number of carbonyl (C=O) groups is 4. The Morgan fingerprint density at radius 2 is 1.93 bits per heavy atom. The minimum absolute atomic E-state index is 0. The van der Waals surface area contributed by atoms with Gasteiger partial charge in [-0.25, -0.2) is 19.6 Å². The Balaban J connectivity index is 0.00000512. The number of esters is 2. The molecule has 0 radical (unpaired) electrons. The fraction of sp³-hybridized carbons (Fsp3) is 0.405. The molecule has 0 saturated heterocycles. The number of cyclic esters (lactones) is 1. The molecule has 4 aliphatic rings. The maximum absolute atomic E-state index is 14.3. The van der Waals surface area contributed by atoms with Crippen molar-refractivity contribution in [2.75, 3.05) is 23.3 Å². The summed E-state index contributed by atoms with van der Waals surface area (Å²) in [5.74, 6) is -3.78. The highest BCUT2D eigenvalue weighted by Crippen LogP contribution is 2.47. The van der Waals surface area contributed by atoms with E-state index in [0.29, 0.717) is 29.9 Å². The molecule has 4 aromatic rings. The van der Waals surface area contributed by atoms with Gasteiger partial charge in [0.2, 0.25) is 11.5 Å². The van der Waals surface area contributed by atoms with E-state index in [4.69, 9.17) is 25.2 Å². The highest BCUT2D eigenvalue weighted by atomic mass is 35.5. The van der Waals surface area contributed by atoms with Gasteiger partial charge in [-0.3, -0.25) is 14.4 Å². The van der Waals surface area contributed by atoms with Gasteiger partial charge in [0, 0.05) is 42.2 Å². The fourth-order valence-electron chi connectivity index (χ4n) is 8.59. The number of carbonyl (C=O) groups excluding carboxylic acids is 3. The summed E-state index contributed by atoms with van der Waals surface area (Å²) in [7, 11) is 0. The summed E-state index contributed by atoms with van der Waals surface area (Å²) < 4.78 is 13.1. The number of nitrogens with one attached hydrogen (secondary N) is 2. The van der Waals surface area contributed by atoms with E-state index < -0.39 is 47.9 Å². The van der Waals surface area contributed by atoms with Crippen LogP contribution < -0.4 is 26.8 Å². The van der Waals surface area contributed by atoms with E-state index in [-0.39, 0.29) is 61.0 Å². The molecule has 1 unspecified atom stereocenters. The number of para-hydroxylation sites is 1. The molecular weight excluding hydrogens is 766 g/mol. The van der Waals surface area contributed by atoms with Crippen LogP contribution in [0.15, 0.2) is 58.3 Å². The number of nitrogens with zero attached hydrogens (tertiary/aromatic N) is 4. The standard InChI is InChI=1S/C42H45N7O8.ClH/c1-3-5-8-16-48-22-45-30-12-9-13-31-35(30)37(48)25-20-49-33(36(25)46-31)18-27-26(39(49)52)21-56-41(55)42(27,4-2)57-34(50)15-14-32(40(53)54)47-38(51)28(43)17-23-19-44-29-11-7-6-10-24(23)29;/h6-7,9-13,18,22-23,28,32,44H,3-5,8,14-17,19-21,43H2,1-2H3,(H,47,51)(H,53,54);1H/t23?,28-,32+,42+;/m1./s1. The largest absolute Gasteiger partial charge is 0.480 e. The molecule has 58 heavy (non-hydrogen) atoms. The number of benzene rings is 2. The van der Waals surface area contributed by atoms with E-state index in [9.17, 15) is 29.1 Å². The summed E-state index contributed by atoms with van der Waals surface area (Å²) in [5, 5.41) is 16.6. The van der Waals surface area contributed by atoms with E-state index in [2.05, 4.69) is 22.5 Å². The molecule has 2 aromatic heterocycles. The van der Waals surface area contributed by atoms with Crippen molar-refractivity contribution in [1.29, 1.82) is 0 Å². The van der Waals surface area contributed by atoms with Gasteiger partial charge in [-0.05, 0) is 55.5 Å². The number of unbranched alkanes of at least 4 members (excludes halogenated alkanes) is 2. The lowest BCUT2D eigenvalue weighted by molar-refractivity contribution is -0.189. The van der Waals surface area contributed by atoms with Crippen molar-refractivity contribution in [1.82, 2.24) is 14.9 Å². The summed E-state index contributed by atoms with van der Waals surface area (Å²) in [4.78, 5) is 78.7. The molecule has 6 heterocycles. The van der Waals surface area contributed by atoms with Crippen LogP contribution in [0.25, 0.3) is 22.3 Å². The van der Waals surface area contributed by atoms with Gasteiger partial charge in [0.15, 0.2) is 0 Å². The molecule has 0 aliphatic carbocycles. The first-order valence-electron chi connectivity index (χ1n) is 19.6. The van der Waals surface area contributed by atoms with E-state index in [0.717, 1.165) is 59.4 Å². The number of hydrogen-bond donors (Lipinski definition) is 4. The highest BCUT2D eigenvalue weighted by molar-refractivity contribution is 6.11. The van der Waals surface area contributed by atoms with Gasteiger partial charge in [0.05, 0.1) is 58.2 Å². The first-order valence-corrected chi connectivity index (χ1v) is 19.6. The van der Waals surface area contributed by atoms with Gasteiger partial charge in [-0.2, -0.15) is 0 Å². The zero-order valence-electron chi connectivity index (χ0n) is 32.3. The molecule has 4 aliphatic heterocycles. The summed E-state index contributed by atoms with van der Waals surface area (Å²) in [6.45, 7) is 5.07. The number of aliphatic imine (C=N–C) groups is 1. The van der Waals surface area contributed by atoms with Crippen LogP contribution in [0.5, 0.6) is 0 Å². The topological polar surface area (TPSA) is 208 Å². The lowest BCUT2D eigenvalue weighted by atomic mass is 9.85. The number of hydrogen-bond acceptors (Lipinski definition) is 12. The van der Waals surface area contributed by atoms with E-state index in [1.54, 1.807) is 17.6 Å².